The number of benzene rings is 2. The van der Waals surface area contributed by atoms with Gasteiger partial charge in [-0.1, -0.05) is 6.07 Å². The number of nitrogens with zero attached hydrogens (tertiary/aromatic N) is 2. The maximum absolute atomic E-state index is 13.1. The first-order valence-corrected chi connectivity index (χ1v) is 7.72. The van der Waals surface area contributed by atoms with E-state index in [-0.39, 0.29) is 11.4 Å². The number of alkyl halides is 3. The van der Waals surface area contributed by atoms with Gasteiger partial charge in [0.25, 0.3) is 5.56 Å². The molecule has 0 unspecified atom stereocenters. The van der Waals surface area contributed by atoms with E-state index in [4.69, 9.17) is 0 Å². The summed E-state index contributed by atoms with van der Waals surface area (Å²) < 4.78 is 52.0. The van der Waals surface area contributed by atoms with Crippen LogP contribution in [0.15, 0.2) is 63.1 Å². The van der Waals surface area contributed by atoms with Gasteiger partial charge in [0.05, 0.1) is 16.9 Å². The van der Waals surface area contributed by atoms with Crippen molar-refractivity contribution >= 4 is 11.9 Å². The number of hydrogen-bond donors (Lipinski definition) is 2. The Kier molecular flexibility index (Phi) is 4.87. The third kappa shape index (κ3) is 3.85. The van der Waals surface area contributed by atoms with E-state index < -0.39 is 40.2 Å². The summed E-state index contributed by atoms with van der Waals surface area (Å²) in [5, 5.41) is 10.3. The smallest absolute Gasteiger partial charge is 0.416 e. The Hall–Kier alpha value is -3.69. The maximum atomic E-state index is 13.1. The van der Waals surface area contributed by atoms with Crippen LogP contribution in [0.25, 0.3) is 5.69 Å². The number of hydrogen-bond acceptors (Lipinski definition) is 4. The minimum Gasteiger partial charge on any atom is -0.493 e. The minimum atomic E-state index is -4.57. The average molecular weight is 393 g/mol. The summed E-state index contributed by atoms with van der Waals surface area (Å²) in [6.07, 6.45) is -3.73. The van der Waals surface area contributed by atoms with Gasteiger partial charge in [-0.15, -0.1) is 0 Å². The average Bonchev–Trinajstić information content (AvgIpc) is 2.62. The molecule has 1 aromatic heterocycles. The highest BCUT2D eigenvalue weighted by Crippen LogP contribution is 2.31. The second kappa shape index (κ2) is 7.14. The van der Waals surface area contributed by atoms with E-state index in [1.54, 1.807) is 0 Å². The number of halogens is 4. The van der Waals surface area contributed by atoms with E-state index in [9.17, 15) is 32.3 Å². The van der Waals surface area contributed by atoms with Crippen LogP contribution in [-0.2, 0) is 6.18 Å². The van der Waals surface area contributed by atoms with Gasteiger partial charge < -0.3 is 5.11 Å². The standard InChI is InChI=1S/C18H11F4N3O3/c19-11-4-6-13(7-5-11)25-16(27)14(15(26)24-17(25)28)9-23-12-3-1-2-10(8-12)18(20,21)22/h1-9,27H,(H,24,26,28). The Bertz CT molecular complexity index is 1160. The molecule has 3 rings (SSSR count). The summed E-state index contributed by atoms with van der Waals surface area (Å²) in [6.45, 7) is 0. The van der Waals surface area contributed by atoms with Crippen molar-refractivity contribution in [1.29, 1.82) is 0 Å². The van der Waals surface area contributed by atoms with Crippen LogP contribution >= 0.6 is 0 Å². The molecule has 2 aromatic carbocycles. The molecule has 0 aliphatic carbocycles. The lowest BCUT2D eigenvalue weighted by Crippen LogP contribution is -2.31. The molecule has 0 aliphatic rings. The zero-order chi connectivity index (χ0) is 20.5. The minimum absolute atomic E-state index is 0.0638. The van der Waals surface area contributed by atoms with Crippen LogP contribution in [0.4, 0.5) is 23.2 Å². The molecule has 0 atom stereocenters. The van der Waals surface area contributed by atoms with Gasteiger partial charge in [-0.3, -0.25) is 14.8 Å². The van der Waals surface area contributed by atoms with Crippen LogP contribution in [0.5, 0.6) is 5.88 Å². The molecule has 10 heteroatoms. The lowest BCUT2D eigenvalue weighted by Gasteiger charge is -2.09. The summed E-state index contributed by atoms with van der Waals surface area (Å²) in [7, 11) is 0. The quantitative estimate of drug-likeness (QED) is 0.529. The Morgan fingerprint density at radius 3 is 2.39 bits per heavy atom. The molecular formula is C18H11F4N3O3. The summed E-state index contributed by atoms with van der Waals surface area (Å²) in [5.74, 6) is -1.37. The zero-order valence-electron chi connectivity index (χ0n) is 13.9. The molecule has 0 saturated heterocycles. The van der Waals surface area contributed by atoms with Gasteiger partial charge in [0, 0.05) is 6.21 Å². The van der Waals surface area contributed by atoms with E-state index in [1.165, 1.54) is 18.2 Å². The number of aliphatic imine (C=N–C) groups is 1. The fourth-order valence-electron chi connectivity index (χ4n) is 2.39. The van der Waals surface area contributed by atoms with Crippen molar-refractivity contribution in [3.05, 3.63) is 86.3 Å². The molecule has 6 nitrogen and oxygen atoms in total. The number of aromatic hydroxyl groups is 1. The first-order valence-electron chi connectivity index (χ1n) is 7.72. The summed E-state index contributed by atoms with van der Waals surface area (Å²) in [4.78, 5) is 29.7. The highest BCUT2D eigenvalue weighted by molar-refractivity contribution is 5.84. The number of H-pyrrole nitrogens is 1. The zero-order valence-corrected chi connectivity index (χ0v) is 13.9. The van der Waals surface area contributed by atoms with Gasteiger partial charge >= 0.3 is 11.9 Å². The number of nitrogens with one attached hydrogen (secondary N) is 1. The summed E-state index contributed by atoms with van der Waals surface area (Å²) >= 11 is 0. The fourth-order valence-corrected chi connectivity index (χ4v) is 2.39. The molecule has 0 saturated carbocycles. The number of aromatic amines is 1. The van der Waals surface area contributed by atoms with E-state index in [2.05, 4.69) is 4.99 Å². The predicted octanol–water partition coefficient (Wildman–Crippen LogP) is 3.14. The van der Waals surface area contributed by atoms with Gasteiger partial charge in [-0.05, 0) is 42.5 Å². The molecule has 0 aliphatic heterocycles. The molecule has 1 heterocycles. The van der Waals surface area contributed by atoms with Crippen molar-refractivity contribution in [2.75, 3.05) is 0 Å². The van der Waals surface area contributed by atoms with Crippen molar-refractivity contribution in [2.45, 2.75) is 6.18 Å². The van der Waals surface area contributed by atoms with Crippen molar-refractivity contribution < 1.29 is 22.7 Å². The number of aromatic nitrogens is 2. The van der Waals surface area contributed by atoms with Gasteiger partial charge in [-0.25, -0.2) is 13.8 Å². The molecule has 144 valence electrons. The summed E-state index contributed by atoms with van der Waals surface area (Å²) in [5.41, 5.74) is -3.41. The van der Waals surface area contributed by atoms with Gasteiger partial charge in [-0.2, -0.15) is 13.2 Å². The Morgan fingerprint density at radius 1 is 1.07 bits per heavy atom. The number of rotatable bonds is 3. The van der Waals surface area contributed by atoms with Crippen molar-refractivity contribution in [3.8, 4) is 11.6 Å². The highest BCUT2D eigenvalue weighted by Gasteiger charge is 2.30. The lowest BCUT2D eigenvalue weighted by molar-refractivity contribution is -0.137. The molecule has 3 aromatic rings. The lowest BCUT2D eigenvalue weighted by atomic mass is 10.2. The Morgan fingerprint density at radius 2 is 1.75 bits per heavy atom. The molecule has 2 N–H and O–H groups in total. The SMILES string of the molecule is O=c1[nH]c(=O)n(-c2ccc(F)cc2)c(O)c1C=Nc1cccc(C(F)(F)F)c1. The van der Waals surface area contributed by atoms with Crippen LogP contribution in [-0.4, -0.2) is 20.9 Å². The van der Waals surface area contributed by atoms with Gasteiger partial charge in [0.1, 0.15) is 11.4 Å². The van der Waals surface area contributed by atoms with Crippen LogP contribution in [0.3, 0.4) is 0 Å². The molecule has 0 amide bonds. The van der Waals surface area contributed by atoms with Crippen LogP contribution in [0.2, 0.25) is 0 Å². The first-order chi connectivity index (χ1) is 13.2. The monoisotopic (exact) mass is 393 g/mol. The summed E-state index contributed by atoms with van der Waals surface area (Å²) in [6, 6.07) is 8.51. The first kappa shape index (κ1) is 19.1. The van der Waals surface area contributed by atoms with E-state index in [0.717, 1.165) is 36.5 Å². The third-order valence-electron chi connectivity index (χ3n) is 3.72. The molecular weight excluding hydrogens is 382 g/mol. The van der Waals surface area contributed by atoms with Crippen molar-refractivity contribution in [3.63, 3.8) is 0 Å². The maximum Gasteiger partial charge on any atom is 0.416 e. The topological polar surface area (TPSA) is 87.5 Å². The van der Waals surface area contributed by atoms with E-state index in [0.29, 0.717) is 4.57 Å². The van der Waals surface area contributed by atoms with Crippen molar-refractivity contribution in [2.24, 2.45) is 4.99 Å². The molecule has 0 radical (unpaired) electrons. The Labute approximate surface area is 154 Å². The van der Waals surface area contributed by atoms with Crippen LogP contribution < -0.4 is 11.2 Å². The Balaban J connectivity index is 2.07. The third-order valence-corrected chi connectivity index (χ3v) is 3.72. The largest absolute Gasteiger partial charge is 0.493 e. The van der Waals surface area contributed by atoms with E-state index >= 15 is 0 Å². The van der Waals surface area contributed by atoms with Gasteiger partial charge in [0.15, 0.2) is 0 Å². The predicted molar refractivity (Wildman–Crippen MR) is 93.0 cm³/mol. The fraction of sp³-hybridized carbons (Fsp3) is 0.0556. The second-order valence-electron chi connectivity index (χ2n) is 5.61. The van der Waals surface area contributed by atoms with Gasteiger partial charge in [0.2, 0.25) is 5.88 Å². The van der Waals surface area contributed by atoms with Crippen LogP contribution in [0, 0.1) is 5.82 Å². The molecule has 0 fully saturated rings. The molecule has 28 heavy (non-hydrogen) atoms. The van der Waals surface area contributed by atoms with E-state index in [1.807, 2.05) is 4.98 Å². The molecule has 0 spiro atoms. The van der Waals surface area contributed by atoms with Crippen LogP contribution in [0.1, 0.15) is 11.1 Å². The molecule has 0 bridgehead atoms. The second-order valence-corrected chi connectivity index (χ2v) is 5.61. The van der Waals surface area contributed by atoms with Crippen molar-refractivity contribution in [1.82, 2.24) is 9.55 Å². The highest BCUT2D eigenvalue weighted by atomic mass is 19.4. The normalized spacial score (nSPS) is 11.9.